The normalized spacial score (nSPS) is 10.6. The zero-order chi connectivity index (χ0) is 13.2. The fourth-order valence-electron chi connectivity index (χ4n) is 1.81. The Morgan fingerprint density at radius 2 is 1.94 bits per heavy atom. The molecule has 0 aliphatic carbocycles. The Morgan fingerprint density at radius 3 is 2.67 bits per heavy atom. The quantitative estimate of drug-likeness (QED) is 0.496. The molecule has 0 saturated heterocycles. The van der Waals surface area contributed by atoms with E-state index in [0.29, 0.717) is 6.61 Å². The average molecular weight is 253 g/mol. The van der Waals surface area contributed by atoms with Gasteiger partial charge in [-0.25, -0.2) is 4.79 Å². The van der Waals surface area contributed by atoms with Gasteiger partial charge in [0.25, 0.3) is 0 Å². The number of carbonyl (C=O) groups is 1. The molecule has 0 unspecified atom stereocenters. The van der Waals surface area contributed by atoms with E-state index in [2.05, 4.69) is 12.1 Å². The van der Waals surface area contributed by atoms with Crippen molar-refractivity contribution < 1.29 is 14.1 Å². The fraction of sp³-hybridized carbons (Fsp3) is 0.714. The van der Waals surface area contributed by atoms with Gasteiger partial charge in [0.1, 0.15) is 5.76 Å². The molecule has 0 amide bonds. The van der Waals surface area contributed by atoms with Crippen molar-refractivity contribution in [2.24, 2.45) is 0 Å². The van der Waals surface area contributed by atoms with Crippen LogP contribution in [0.4, 0.5) is 0 Å². The summed E-state index contributed by atoms with van der Waals surface area (Å²) in [5.41, 5.74) is 0.276. The lowest BCUT2D eigenvalue weighted by atomic mass is 10.1. The molecule has 1 aromatic heterocycles. The largest absolute Gasteiger partial charge is 0.461 e. The summed E-state index contributed by atoms with van der Waals surface area (Å²) in [6.07, 6.45) is 8.29. The molecule has 0 spiro atoms. The van der Waals surface area contributed by atoms with Crippen molar-refractivity contribution in [1.29, 1.82) is 0 Å². The lowest BCUT2D eigenvalue weighted by molar-refractivity contribution is 0.0514. The van der Waals surface area contributed by atoms with Crippen molar-refractivity contribution in [3.8, 4) is 0 Å². The van der Waals surface area contributed by atoms with E-state index in [9.17, 15) is 4.79 Å². The van der Waals surface area contributed by atoms with Gasteiger partial charge in [-0.15, -0.1) is 0 Å². The lowest BCUT2D eigenvalue weighted by Gasteiger charge is -1.98. The van der Waals surface area contributed by atoms with Crippen molar-refractivity contribution in [2.75, 3.05) is 6.61 Å². The standard InChI is InChI=1S/C14H23NO3/c1-3-5-6-7-8-9-10-12-11-13(15-18-12)14(16)17-4-2/h11H,3-10H2,1-2H3. The Bertz CT molecular complexity index is 347. The number of esters is 1. The number of aryl methyl sites for hydroxylation is 1. The molecule has 0 saturated carbocycles. The minimum absolute atomic E-state index is 0.276. The summed E-state index contributed by atoms with van der Waals surface area (Å²) in [5.74, 6) is 0.365. The van der Waals surface area contributed by atoms with Gasteiger partial charge in [-0.2, -0.15) is 0 Å². The molecule has 1 aromatic rings. The van der Waals surface area contributed by atoms with E-state index in [1.54, 1.807) is 13.0 Å². The summed E-state index contributed by atoms with van der Waals surface area (Å²) in [6.45, 7) is 4.35. The van der Waals surface area contributed by atoms with Crippen LogP contribution in [-0.2, 0) is 11.2 Å². The fourth-order valence-corrected chi connectivity index (χ4v) is 1.81. The van der Waals surface area contributed by atoms with Gasteiger partial charge in [0.05, 0.1) is 6.61 Å². The molecule has 102 valence electrons. The van der Waals surface area contributed by atoms with Crippen LogP contribution in [-0.4, -0.2) is 17.7 Å². The highest BCUT2D eigenvalue weighted by Gasteiger charge is 2.12. The van der Waals surface area contributed by atoms with Gasteiger partial charge in [-0.05, 0) is 13.3 Å². The van der Waals surface area contributed by atoms with E-state index in [0.717, 1.165) is 18.6 Å². The molecular formula is C14H23NO3. The first kappa shape index (κ1) is 14.7. The lowest BCUT2D eigenvalue weighted by Crippen LogP contribution is -2.04. The molecule has 0 aromatic carbocycles. The van der Waals surface area contributed by atoms with Gasteiger partial charge in [0.15, 0.2) is 5.69 Å². The van der Waals surface area contributed by atoms with Crippen LogP contribution in [0, 0.1) is 0 Å². The highest BCUT2D eigenvalue weighted by Crippen LogP contribution is 2.11. The van der Waals surface area contributed by atoms with Crippen LogP contribution in [0.1, 0.15) is 68.6 Å². The first-order chi connectivity index (χ1) is 8.77. The van der Waals surface area contributed by atoms with Crippen LogP contribution in [0.15, 0.2) is 10.6 Å². The number of nitrogens with zero attached hydrogens (tertiary/aromatic N) is 1. The topological polar surface area (TPSA) is 52.3 Å². The highest BCUT2D eigenvalue weighted by molar-refractivity contribution is 5.87. The van der Waals surface area contributed by atoms with E-state index in [1.807, 2.05) is 0 Å². The molecule has 4 heteroatoms. The van der Waals surface area contributed by atoms with Crippen LogP contribution >= 0.6 is 0 Å². The second kappa shape index (κ2) is 8.72. The van der Waals surface area contributed by atoms with Crippen molar-refractivity contribution in [3.05, 3.63) is 17.5 Å². The Morgan fingerprint density at radius 1 is 1.22 bits per heavy atom. The van der Waals surface area contributed by atoms with Gasteiger partial charge in [-0.3, -0.25) is 0 Å². The van der Waals surface area contributed by atoms with E-state index in [4.69, 9.17) is 9.26 Å². The first-order valence-corrected chi connectivity index (χ1v) is 6.90. The minimum atomic E-state index is -0.407. The predicted molar refractivity (Wildman–Crippen MR) is 69.5 cm³/mol. The molecule has 0 bridgehead atoms. The summed E-state index contributed by atoms with van der Waals surface area (Å²) in [4.78, 5) is 11.4. The molecular weight excluding hydrogens is 230 g/mol. The van der Waals surface area contributed by atoms with Gasteiger partial charge in [0, 0.05) is 12.5 Å². The average Bonchev–Trinajstić information content (AvgIpc) is 2.83. The van der Waals surface area contributed by atoms with Crippen molar-refractivity contribution in [2.45, 2.75) is 58.8 Å². The van der Waals surface area contributed by atoms with Gasteiger partial charge < -0.3 is 9.26 Å². The Hall–Kier alpha value is -1.32. The zero-order valence-electron chi connectivity index (χ0n) is 11.4. The van der Waals surface area contributed by atoms with Gasteiger partial charge in [-0.1, -0.05) is 44.2 Å². The maximum atomic E-state index is 11.4. The van der Waals surface area contributed by atoms with Crippen molar-refractivity contribution in [1.82, 2.24) is 5.16 Å². The van der Waals surface area contributed by atoms with Crippen molar-refractivity contribution in [3.63, 3.8) is 0 Å². The third-order valence-corrected chi connectivity index (χ3v) is 2.82. The number of hydrogen-bond donors (Lipinski definition) is 0. The zero-order valence-corrected chi connectivity index (χ0v) is 11.4. The van der Waals surface area contributed by atoms with E-state index in [-0.39, 0.29) is 5.69 Å². The number of ether oxygens (including phenoxy) is 1. The smallest absolute Gasteiger partial charge is 0.360 e. The summed E-state index contributed by atoms with van der Waals surface area (Å²) in [6, 6.07) is 1.68. The maximum absolute atomic E-state index is 11.4. The molecule has 4 nitrogen and oxygen atoms in total. The van der Waals surface area contributed by atoms with Gasteiger partial charge >= 0.3 is 5.97 Å². The predicted octanol–water partition coefficient (Wildman–Crippen LogP) is 3.75. The third-order valence-electron chi connectivity index (χ3n) is 2.82. The van der Waals surface area contributed by atoms with E-state index >= 15 is 0 Å². The summed E-state index contributed by atoms with van der Waals surface area (Å²) in [7, 11) is 0. The number of carbonyl (C=O) groups excluding carboxylic acids is 1. The molecule has 0 N–H and O–H groups in total. The molecule has 0 aliphatic heterocycles. The number of rotatable bonds is 9. The number of unbranched alkanes of at least 4 members (excludes halogenated alkanes) is 5. The SMILES string of the molecule is CCCCCCCCc1cc(C(=O)OCC)no1. The molecule has 0 aliphatic rings. The van der Waals surface area contributed by atoms with Crippen LogP contribution in [0.25, 0.3) is 0 Å². The van der Waals surface area contributed by atoms with Crippen LogP contribution in [0.5, 0.6) is 0 Å². The van der Waals surface area contributed by atoms with E-state index in [1.165, 1.54) is 32.1 Å². The van der Waals surface area contributed by atoms with Crippen LogP contribution in [0.3, 0.4) is 0 Å². The second-order valence-corrected chi connectivity index (χ2v) is 4.42. The van der Waals surface area contributed by atoms with Gasteiger partial charge in [0.2, 0.25) is 0 Å². The highest BCUT2D eigenvalue weighted by atomic mass is 16.5. The molecule has 0 radical (unpaired) electrons. The molecule has 0 atom stereocenters. The summed E-state index contributed by atoms with van der Waals surface area (Å²) < 4.78 is 9.96. The third kappa shape index (κ3) is 5.34. The number of hydrogen-bond acceptors (Lipinski definition) is 4. The molecule has 0 fully saturated rings. The Labute approximate surface area is 109 Å². The van der Waals surface area contributed by atoms with Crippen LogP contribution in [0.2, 0.25) is 0 Å². The molecule has 1 rings (SSSR count). The molecule has 1 heterocycles. The molecule has 18 heavy (non-hydrogen) atoms. The monoisotopic (exact) mass is 253 g/mol. The van der Waals surface area contributed by atoms with E-state index < -0.39 is 5.97 Å². The second-order valence-electron chi connectivity index (χ2n) is 4.42. The Kier molecular flexibility index (Phi) is 7.14. The van der Waals surface area contributed by atoms with Crippen LogP contribution < -0.4 is 0 Å². The first-order valence-electron chi connectivity index (χ1n) is 6.90. The summed E-state index contributed by atoms with van der Waals surface area (Å²) >= 11 is 0. The number of aromatic nitrogens is 1. The maximum Gasteiger partial charge on any atom is 0.360 e. The van der Waals surface area contributed by atoms with Crippen molar-refractivity contribution >= 4 is 5.97 Å². The summed E-state index contributed by atoms with van der Waals surface area (Å²) in [5, 5.41) is 3.71. The Balaban J connectivity index is 2.21. The minimum Gasteiger partial charge on any atom is -0.461 e.